The van der Waals surface area contributed by atoms with Crippen molar-refractivity contribution in [1.29, 1.82) is 0 Å². The van der Waals surface area contributed by atoms with E-state index in [0.717, 1.165) is 0 Å². The minimum atomic E-state index is -0.154. The van der Waals surface area contributed by atoms with E-state index in [-0.39, 0.29) is 17.7 Å². The fourth-order valence-corrected chi connectivity index (χ4v) is 3.29. The third-order valence-corrected chi connectivity index (χ3v) is 4.74. The number of amides is 2. The van der Waals surface area contributed by atoms with Gasteiger partial charge < -0.3 is 24.1 Å². The molecule has 150 valence electrons. The van der Waals surface area contributed by atoms with Crippen LogP contribution < -0.4 is 14.8 Å². The molecule has 1 aromatic carbocycles. The van der Waals surface area contributed by atoms with Gasteiger partial charge in [-0.15, -0.1) is 0 Å². The number of carbonyl (C=O) groups excluding carboxylic acids is 2. The van der Waals surface area contributed by atoms with Crippen LogP contribution in [0.25, 0.3) is 0 Å². The zero-order chi connectivity index (χ0) is 19.9. The minimum Gasteiger partial charge on any atom is -0.494 e. The lowest BCUT2D eigenvalue weighted by Gasteiger charge is -2.31. The van der Waals surface area contributed by atoms with Crippen LogP contribution in [0, 0.1) is 5.92 Å². The van der Waals surface area contributed by atoms with Crippen molar-refractivity contribution in [3.8, 4) is 11.5 Å². The molecule has 7 heteroatoms. The van der Waals surface area contributed by atoms with E-state index >= 15 is 0 Å². The SMILES string of the molecule is CCOc1ccc(OCC)c(NC(=O)C2CCN(C(=O)c3ccoc3)CC2)c1. The Morgan fingerprint density at radius 3 is 2.54 bits per heavy atom. The number of rotatable bonds is 7. The van der Waals surface area contributed by atoms with Gasteiger partial charge in [0.2, 0.25) is 5.91 Å². The molecule has 1 saturated heterocycles. The highest BCUT2D eigenvalue weighted by Crippen LogP contribution is 2.31. The maximum Gasteiger partial charge on any atom is 0.257 e. The second-order valence-corrected chi connectivity index (χ2v) is 6.59. The largest absolute Gasteiger partial charge is 0.494 e. The molecule has 28 heavy (non-hydrogen) atoms. The van der Waals surface area contributed by atoms with Gasteiger partial charge in [0.15, 0.2) is 0 Å². The number of hydrogen-bond donors (Lipinski definition) is 1. The lowest BCUT2D eigenvalue weighted by Crippen LogP contribution is -2.41. The smallest absolute Gasteiger partial charge is 0.257 e. The van der Waals surface area contributed by atoms with Crippen molar-refractivity contribution in [3.05, 3.63) is 42.4 Å². The van der Waals surface area contributed by atoms with E-state index in [4.69, 9.17) is 13.9 Å². The summed E-state index contributed by atoms with van der Waals surface area (Å²) in [7, 11) is 0. The number of furan rings is 1. The zero-order valence-corrected chi connectivity index (χ0v) is 16.3. The van der Waals surface area contributed by atoms with Crippen LogP contribution in [0.15, 0.2) is 41.2 Å². The fraction of sp³-hybridized carbons (Fsp3) is 0.429. The molecule has 0 atom stereocenters. The molecule has 1 fully saturated rings. The lowest BCUT2D eigenvalue weighted by molar-refractivity contribution is -0.121. The van der Waals surface area contributed by atoms with E-state index < -0.39 is 0 Å². The van der Waals surface area contributed by atoms with Gasteiger partial charge in [0.05, 0.1) is 30.7 Å². The fourth-order valence-electron chi connectivity index (χ4n) is 3.29. The highest BCUT2D eigenvalue weighted by atomic mass is 16.5. The summed E-state index contributed by atoms with van der Waals surface area (Å²) >= 11 is 0. The highest BCUT2D eigenvalue weighted by molar-refractivity contribution is 5.95. The Labute approximate surface area is 164 Å². The van der Waals surface area contributed by atoms with Crippen molar-refractivity contribution >= 4 is 17.5 Å². The molecule has 0 aliphatic carbocycles. The van der Waals surface area contributed by atoms with Crippen LogP contribution in [-0.4, -0.2) is 43.0 Å². The Bertz CT molecular complexity index is 795. The number of anilines is 1. The first-order valence-corrected chi connectivity index (χ1v) is 9.64. The van der Waals surface area contributed by atoms with Gasteiger partial charge in [-0.3, -0.25) is 9.59 Å². The first-order valence-electron chi connectivity index (χ1n) is 9.64. The average molecular weight is 386 g/mol. The van der Waals surface area contributed by atoms with Gasteiger partial charge in [-0.2, -0.15) is 0 Å². The molecule has 3 rings (SSSR count). The zero-order valence-electron chi connectivity index (χ0n) is 16.3. The molecule has 0 bridgehead atoms. The summed E-state index contributed by atoms with van der Waals surface area (Å²) in [6.45, 7) is 5.94. The number of nitrogens with zero attached hydrogens (tertiary/aromatic N) is 1. The minimum absolute atomic E-state index is 0.0596. The number of carbonyl (C=O) groups is 2. The van der Waals surface area contributed by atoms with Gasteiger partial charge in [-0.05, 0) is 44.9 Å². The molecule has 0 spiro atoms. The standard InChI is InChI=1S/C21H26N2O5/c1-3-27-17-5-6-19(28-4-2)18(13-17)22-20(24)15-7-10-23(11-8-15)21(25)16-9-12-26-14-16/h5-6,9,12-15H,3-4,7-8,10-11H2,1-2H3,(H,22,24). The van der Waals surface area contributed by atoms with E-state index in [2.05, 4.69) is 5.32 Å². The van der Waals surface area contributed by atoms with Gasteiger partial charge in [0.25, 0.3) is 5.91 Å². The van der Waals surface area contributed by atoms with Crippen molar-refractivity contribution in [2.45, 2.75) is 26.7 Å². The third-order valence-electron chi connectivity index (χ3n) is 4.74. The van der Waals surface area contributed by atoms with Crippen LogP contribution in [0.4, 0.5) is 5.69 Å². The van der Waals surface area contributed by atoms with Crippen molar-refractivity contribution in [2.75, 3.05) is 31.6 Å². The maximum atomic E-state index is 12.8. The molecule has 2 heterocycles. The van der Waals surface area contributed by atoms with E-state index in [1.165, 1.54) is 12.5 Å². The molecule has 1 aliphatic heterocycles. The first-order chi connectivity index (χ1) is 13.6. The van der Waals surface area contributed by atoms with Gasteiger partial charge in [-0.25, -0.2) is 0 Å². The van der Waals surface area contributed by atoms with E-state index in [1.54, 1.807) is 23.1 Å². The topological polar surface area (TPSA) is 81.0 Å². The molecule has 1 N–H and O–H groups in total. The average Bonchev–Trinajstić information content (AvgIpc) is 3.25. The summed E-state index contributed by atoms with van der Waals surface area (Å²) in [5, 5.41) is 2.97. The van der Waals surface area contributed by atoms with Crippen LogP contribution in [0.2, 0.25) is 0 Å². The summed E-state index contributed by atoms with van der Waals surface area (Å²) in [5.41, 5.74) is 1.15. The Kier molecular flexibility index (Phi) is 6.57. The van der Waals surface area contributed by atoms with Gasteiger partial charge in [0.1, 0.15) is 17.8 Å². The Hall–Kier alpha value is -2.96. The van der Waals surface area contributed by atoms with Gasteiger partial charge in [-0.1, -0.05) is 0 Å². The number of piperidine rings is 1. The van der Waals surface area contributed by atoms with Crippen molar-refractivity contribution in [3.63, 3.8) is 0 Å². The Balaban J connectivity index is 1.61. The molecular formula is C21H26N2O5. The van der Waals surface area contributed by atoms with Gasteiger partial charge >= 0.3 is 0 Å². The number of ether oxygens (including phenoxy) is 2. The van der Waals surface area contributed by atoms with Crippen molar-refractivity contribution in [2.24, 2.45) is 5.92 Å². The summed E-state index contributed by atoms with van der Waals surface area (Å²) in [5.74, 6) is 1.02. The summed E-state index contributed by atoms with van der Waals surface area (Å²) in [6, 6.07) is 7.06. The second-order valence-electron chi connectivity index (χ2n) is 6.59. The normalized spacial score (nSPS) is 14.6. The third kappa shape index (κ3) is 4.65. The van der Waals surface area contributed by atoms with E-state index in [1.807, 2.05) is 19.9 Å². The predicted molar refractivity (Wildman–Crippen MR) is 105 cm³/mol. The molecule has 1 aliphatic rings. The number of benzene rings is 1. The summed E-state index contributed by atoms with van der Waals surface area (Å²) < 4.78 is 16.1. The van der Waals surface area contributed by atoms with Crippen molar-refractivity contribution in [1.82, 2.24) is 4.90 Å². The first kappa shape index (κ1) is 19.8. The van der Waals surface area contributed by atoms with Crippen LogP contribution in [0.3, 0.4) is 0 Å². The molecule has 0 unspecified atom stereocenters. The Morgan fingerprint density at radius 2 is 1.89 bits per heavy atom. The summed E-state index contributed by atoms with van der Waals surface area (Å²) in [4.78, 5) is 26.9. The molecule has 1 aromatic heterocycles. The number of likely N-dealkylation sites (tertiary alicyclic amines) is 1. The van der Waals surface area contributed by atoms with Crippen molar-refractivity contribution < 1.29 is 23.5 Å². The summed E-state index contributed by atoms with van der Waals surface area (Å²) in [6.07, 6.45) is 4.16. The Morgan fingerprint density at radius 1 is 1.14 bits per heavy atom. The molecule has 0 radical (unpaired) electrons. The second kappa shape index (κ2) is 9.30. The van der Waals surface area contributed by atoms with Crippen LogP contribution in [0.5, 0.6) is 11.5 Å². The van der Waals surface area contributed by atoms with E-state index in [9.17, 15) is 9.59 Å². The monoisotopic (exact) mass is 386 g/mol. The maximum absolute atomic E-state index is 12.8. The molecule has 2 amide bonds. The number of nitrogens with one attached hydrogen (secondary N) is 1. The quantitative estimate of drug-likeness (QED) is 0.787. The highest BCUT2D eigenvalue weighted by Gasteiger charge is 2.28. The van der Waals surface area contributed by atoms with Gasteiger partial charge in [0, 0.05) is 25.1 Å². The van der Waals surface area contributed by atoms with Crippen LogP contribution >= 0.6 is 0 Å². The molecule has 0 saturated carbocycles. The molecule has 2 aromatic rings. The van der Waals surface area contributed by atoms with E-state index in [0.29, 0.717) is 61.9 Å². The molecular weight excluding hydrogens is 360 g/mol. The molecule has 7 nitrogen and oxygen atoms in total. The lowest BCUT2D eigenvalue weighted by atomic mass is 9.95. The van der Waals surface area contributed by atoms with Crippen LogP contribution in [0.1, 0.15) is 37.0 Å². The number of hydrogen-bond acceptors (Lipinski definition) is 5. The predicted octanol–water partition coefficient (Wildman–Crippen LogP) is 3.57. The van der Waals surface area contributed by atoms with Crippen LogP contribution in [-0.2, 0) is 4.79 Å².